The van der Waals surface area contributed by atoms with Gasteiger partial charge in [-0.1, -0.05) is 6.07 Å². The summed E-state index contributed by atoms with van der Waals surface area (Å²) in [5.41, 5.74) is 1.96. The molecular formula is C13H13BrN2O. The fourth-order valence-electron chi connectivity index (χ4n) is 1.41. The van der Waals surface area contributed by atoms with E-state index in [1.54, 1.807) is 6.20 Å². The topological polar surface area (TPSA) is 35.0 Å². The van der Waals surface area contributed by atoms with Gasteiger partial charge in [0.2, 0.25) is 5.88 Å². The van der Waals surface area contributed by atoms with Crippen molar-refractivity contribution in [2.45, 2.75) is 13.3 Å². The van der Waals surface area contributed by atoms with Crippen molar-refractivity contribution < 1.29 is 4.74 Å². The van der Waals surface area contributed by atoms with Crippen LogP contribution in [-0.4, -0.2) is 16.6 Å². The molecule has 0 aliphatic carbocycles. The van der Waals surface area contributed by atoms with Crippen LogP contribution in [0.5, 0.6) is 5.88 Å². The van der Waals surface area contributed by atoms with Crippen LogP contribution in [0.25, 0.3) is 0 Å². The summed E-state index contributed by atoms with van der Waals surface area (Å²) in [5.74, 6) is 0.654. The molecule has 0 amide bonds. The standard InChI is InChI=1S/C13H13BrN2O/c1-10-12(14)5-6-13(16-10)17-9-7-11-4-2-3-8-15-11/h2-6,8H,7,9H2,1H3. The van der Waals surface area contributed by atoms with E-state index in [1.165, 1.54) is 0 Å². The van der Waals surface area contributed by atoms with E-state index < -0.39 is 0 Å². The van der Waals surface area contributed by atoms with Crippen molar-refractivity contribution in [3.8, 4) is 5.88 Å². The zero-order valence-electron chi connectivity index (χ0n) is 9.56. The van der Waals surface area contributed by atoms with Gasteiger partial charge in [0.05, 0.1) is 12.3 Å². The van der Waals surface area contributed by atoms with Crippen LogP contribution in [0.1, 0.15) is 11.4 Å². The van der Waals surface area contributed by atoms with Gasteiger partial charge in [-0.05, 0) is 41.1 Å². The van der Waals surface area contributed by atoms with Crippen molar-refractivity contribution in [3.63, 3.8) is 0 Å². The summed E-state index contributed by atoms with van der Waals surface area (Å²) in [4.78, 5) is 8.55. The SMILES string of the molecule is Cc1nc(OCCc2ccccn2)ccc1Br. The second-order valence-electron chi connectivity index (χ2n) is 3.64. The van der Waals surface area contributed by atoms with E-state index in [1.807, 2.05) is 37.3 Å². The number of aromatic nitrogens is 2. The Morgan fingerprint density at radius 1 is 1.24 bits per heavy atom. The lowest BCUT2D eigenvalue weighted by Gasteiger charge is -2.06. The highest BCUT2D eigenvalue weighted by Gasteiger charge is 2.00. The highest BCUT2D eigenvalue weighted by molar-refractivity contribution is 9.10. The minimum absolute atomic E-state index is 0.588. The molecule has 88 valence electrons. The average Bonchev–Trinajstić information content (AvgIpc) is 2.35. The van der Waals surface area contributed by atoms with Crippen molar-refractivity contribution in [3.05, 3.63) is 52.4 Å². The third-order valence-electron chi connectivity index (χ3n) is 2.33. The fourth-order valence-corrected chi connectivity index (χ4v) is 1.63. The lowest BCUT2D eigenvalue weighted by Crippen LogP contribution is -2.04. The number of hydrogen-bond acceptors (Lipinski definition) is 3. The molecule has 3 nitrogen and oxygen atoms in total. The summed E-state index contributed by atoms with van der Waals surface area (Å²) in [5, 5.41) is 0. The Morgan fingerprint density at radius 3 is 2.82 bits per heavy atom. The van der Waals surface area contributed by atoms with Crippen LogP contribution in [0, 0.1) is 6.92 Å². The molecule has 0 unspecified atom stereocenters. The second-order valence-corrected chi connectivity index (χ2v) is 4.49. The van der Waals surface area contributed by atoms with Crippen LogP contribution in [0.15, 0.2) is 41.0 Å². The van der Waals surface area contributed by atoms with Crippen LogP contribution in [0.4, 0.5) is 0 Å². The molecule has 0 radical (unpaired) electrons. The van der Waals surface area contributed by atoms with E-state index in [0.29, 0.717) is 12.5 Å². The Labute approximate surface area is 109 Å². The van der Waals surface area contributed by atoms with Crippen molar-refractivity contribution in [2.75, 3.05) is 6.61 Å². The first-order chi connectivity index (χ1) is 8.25. The number of pyridine rings is 2. The molecule has 0 N–H and O–H groups in total. The molecule has 4 heteroatoms. The van der Waals surface area contributed by atoms with Gasteiger partial charge in [0.15, 0.2) is 0 Å². The number of rotatable bonds is 4. The van der Waals surface area contributed by atoms with Gasteiger partial charge < -0.3 is 4.74 Å². The van der Waals surface area contributed by atoms with Crippen molar-refractivity contribution in [2.24, 2.45) is 0 Å². The number of halogens is 1. The minimum Gasteiger partial charge on any atom is -0.477 e. The number of aryl methyl sites for hydroxylation is 1. The Balaban J connectivity index is 1.88. The van der Waals surface area contributed by atoms with Crippen LogP contribution < -0.4 is 4.74 Å². The lowest BCUT2D eigenvalue weighted by atomic mass is 10.3. The molecule has 0 saturated heterocycles. The molecule has 0 aliphatic rings. The molecule has 0 spiro atoms. The molecule has 17 heavy (non-hydrogen) atoms. The predicted octanol–water partition coefficient (Wildman–Crippen LogP) is 3.17. The molecule has 0 atom stereocenters. The highest BCUT2D eigenvalue weighted by Crippen LogP contribution is 2.17. The summed E-state index contributed by atoms with van der Waals surface area (Å²) in [6.07, 6.45) is 2.58. The van der Waals surface area contributed by atoms with Gasteiger partial charge in [-0.2, -0.15) is 0 Å². The largest absolute Gasteiger partial charge is 0.477 e. The van der Waals surface area contributed by atoms with E-state index in [4.69, 9.17) is 4.74 Å². The van der Waals surface area contributed by atoms with E-state index >= 15 is 0 Å². The Morgan fingerprint density at radius 2 is 2.12 bits per heavy atom. The maximum atomic E-state index is 5.57. The molecule has 0 aliphatic heterocycles. The van der Waals surface area contributed by atoms with Gasteiger partial charge in [0, 0.05) is 28.9 Å². The number of ether oxygens (including phenoxy) is 1. The van der Waals surface area contributed by atoms with E-state index in [9.17, 15) is 0 Å². The Hall–Kier alpha value is -1.42. The first-order valence-corrected chi connectivity index (χ1v) is 6.21. The van der Waals surface area contributed by atoms with E-state index in [2.05, 4.69) is 25.9 Å². The zero-order chi connectivity index (χ0) is 12.1. The Kier molecular flexibility index (Phi) is 4.09. The second kappa shape index (κ2) is 5.77. The summed E-state index contributed by atoms with van der Waals surface area (Å²) in [6.45, 7) is 2.53. The summed E-state index contributed by atoms with van der Waals surface area (Å²) in [7, 11) is 0. The quantitative estimate of drug-likeness (QED) is 0.868. The molecule has 0 bridgehead atoms. The summed E-state index contributed by atoms with van der Waals surface area (Å²) in [6, 6.07) is 9.67. The smallest absolute Gasteiger partial charge is 0.213 e. The van der Waals surface area contributed by atoms with Gasteiger partial charge >= 0.3 is 0 Å². The van der Waals surface area contributed by atoms with Crippen molar-refractivity contribution >= 4 is 15.9 Å². The highest BCUT2D eigenvalue weighted by atomic mass is 79.9. The summed E-state index contributed by atoms with van der Waals surface area (Å²) >= 11 is 3.41. The first kappa shape index (κ1) is 12.0. The molecule has 2 aromatic rings. The minimum atomic E-state index is 0.588. The molecule has 0 aromatic carbocycles. The molecular weight excluding hydrogens is 280 g/mol. The van der Waals surface area contributed by atoms with Crippen LogP contribution in [0.2, 0.25) is 0 Å². The third kappa shape index (κ3) is 3.53. The predicted molar refractivity (Wildman–Crippen MR) is 70.1 cm³/mol. The molecule has 2 aromatic heterocycles. The maximum absolute atomic E-state index is 5.57. The van der Waals surface area contributed by atoms with Crippen molar-refractivity contribution in [1.29, 1.82) is 0 Å². The maximum Gasteiger partial charge on any atom is 0.213 e. The monoisotopic (exact) mass is 292 g/mol. The van der Waals surface area contributed by atoms with E-state index in [-0.39, 0.29) is 0 Å². The lowest BCUT2D eigenvalue weighted by molar-refractivity contribution is 0.307. The molecule has 0 saturated carbocycles. The van der Waals surface area contributed by atoms with Crippen molar-refractivity contribution in [1.82, 2.24) is 9.97 Å². The third-order valence-corrected chi connectivity index (χ3v) is 3.17. The normalized spacial score (nSPS) is 10.2. The first-order valence-electron chi connectivity index (χ1n) is 5.41. The number of hydrogen-bond donors (Lipinski definition) is 0. The van der Waals surface area contributed by atoms with Gasteiger partial charge in [-0.3, -0.25) is 4.98 Å². The van der Waals surface area contributed by atoms with Crippen LogP contribution >= 0.6 is 15.9 Å². The van der Waals surface area contributed by atoms with Gasteiger partial charge in [0.25, 0.3) is 0 Å². The van der Waals surface area contributed by atoms with Crippen LogP contribution in [0.3, 0.4) is 0 Å². The Bertz CT molecular complexity index is 488. The van der Waals surface area contributed by atoms with Crippen LogP contribution in [-0.2, 0) is 6.42 Å². The van der Waals surface area contributed by atoms with Gasteiger partial charge in [-0.25, -0.2) is 4.98 Å². The molecule has 2 rings (SSSR count). The zero-order valence-corrected chi connectivity index (χ0v) is 11.1. The fraction of sp³-hybridized carbons (Fsp3) is 0.231. The molecule has 2 heterocycles. The van der Waals surface area contributed by atoms with Gasteiger partial charge in [0.1, 0.15) is 0 Å². The van der Waals surface area contributed by atoms with Gasteiger partial charge in [-0.15, -0.1) is 0 Å². The number of nitrogens with zero attached hydrogens (tertiary/aromatic N) is 2. The summed E-state index contributed by atoms with van der Waals surface area (Å²) < 4.78 is 6.57. The average molecular weight is 293 g/mol. The van der Waals surface area contributed by atoms with E-state index in [0.717, 1.165) is 22.3 Å². The molecule has 0 fully saturated rings.